The van der Waals surface area contributed by atoms with Crippen molar-refractivity contribution in [2.24, 2.45) is 0 Å². The molecule has 0 aliphatic rings. The number of aromatic nitrogens is 5. The molecule has 0 bridgehead atoms. The van der Waals surface area contributed by atoms with Crippen LogP contribution in [0.2, 0.25) is 0 Å². The van der Waals surface area contributed by atoms with E-state index < -0.39 is 17.3 Å². The molecule has 3 aromatic heterocycles. The monoisotopic (exact) mass is 416 g/mol. The average Bonchev–Trinajstić information content (AvgIpc) is 3.18. The lowest BCUT2D eigenvalue weighted by Crippen LogP contribution is -2.04. The van der Waals surface area contributed by atoms with E-state index in [1.54, 1.807) is 23.0 Å². The highest BCUT2D eigenvalue weighted by Crippen LogP contribution is 2.27. The molecule has 31 heavy (non-hydrogen) atoms. The zero-order chi connectivity index (χ0) is 21.4. The van der Waals surface area contributed by atoms with Crippen molar-refractivity contribution in [2.45, 2.75) is 6.54 Å². The Balaban J connectivity index is 1.53. The first kappa shape index (κ1) is 18.7. The Hall–Kier alpha value is -4.27. The van der Waals surface area contributed by atoms with Crippen molar-refractivity contribution in [2.75, 3.05) is 5.32 Å². The number of nitrogens with one attached hydrogen (secondary N) is 1. The molecule has 0 aliphatic heterocycles. The fraction of sp³-hybridized carbons (Fsp3) is 0.0455. The molecule has 152 valence electrons. The van der Waals surface area contributed by atoms with Gasteiger partial charge >= 0.3 is 0 Å². The maximum Gasteiger partial charge on any atom is 0.211 e. The van der Waals surface area contributed by atoms with Gasteiger partial charge in [0.1, 0.15) is 22.8 Å². The van der Waals surface area contributed by atoms with Crippen LogP contribution in [0.25, 0.3) is 33.3 Å². The van der Waals surface area contributed by atoms with E-state index in [0.29, 0.717) is 23.4 Å². The first-order valence-corrected chi connectivity index (χ1v) is 9.36. The summed E-state index contributed by atoms with van der Waals surface area (Å²) in [7, 11) is 0. The van der Waals surface area contributed by atoms with E-state index in [-0.39, 0.29) is 12.0 Å². The molecule has 1 amide bonds. The Labute approximate surface area is 174 Å². The molecule has 0 fully saturated rings. The number of anilines is 1. The Bertz CT molecular complexity index is 1430. The Morgan fingerprint density at radius 3 is 2.61 bits per heavy atom. The van der Waals surface area contributed by atoms with Crippen molar-refractivity contribution in [3.05, 3.63) is 78.0 Å². The maximum atomic E-state index is 14.2. The highest BCUT2D eigenvalue weighted by Gasteiger charge is 2.14. The van der Waals surface area contributed by atoms with Gasteiger partial charge in [0.2, 0.25) is 6.41 Å². The molecule has 0 atom stereocenters. The van der Waals surface area contributed by atoms with Crippen LogP contribution in [0.5, 0.6) is 0 Å². The molecule has 3 heterocycles. The van der Waals surface area contributed by atoms with Gasteiger partial charge in [-0.3, -0.25) is 9.78 Å². The van der Waals surface area contributed by atoms with Crippen LogP contribution >= 0.6 is 0 Å². The van der Waals surface area contributed by atoms with Gasteiger partial charge in [-0.2, -0.15) is 0 Å². The number of carbonyl (C=O) groups excluding carboxylic acids is 1. The van der Waals surface area contributed by atoms with Crippen LogP contribution in [-0.2, 0) is 11.3 Å². The Morgan fingerprint density at radius 1 is 1.00 bits per heavy atom. The summed E-state index contributed by atoms with van der Waals surface area (Å²) in [6.45, 7) is 0.419. The summed E-state index contributed by atoms with van der Waals surface area (Å²) in [6, 6.07) is 15.3. The van der Waals surface area contributed by atoms with Gasteiger partial charge in [-0.15, -0.1) is 5.10 Å². The molecule has 7 nitrogen and oxygen atoms in total. The number of halogens is 2. The molecule has 9 heteroatoms. The minimum atomic E-state index is -0.889. The van der Waals surface area contributed by atoms with Crippen molar-refractivity contribution in [1.82, 2.24) is 25.0 Å². The SMILES string of the molecule is O=CNc1c(F)cc(-c2ccc3nnn(Cc4ccc5ncccc5c4)c3n2)cc1F. The third-order valence-electron chi connectivity index (χ3n) is 4.90. The van der Waals surface area contributed by atoms with Gasteiger partial charge in [-0.1, -0.05) is 17.3 Å². The number of amides is 1. The molecule has 0 spiro atoms. The van der Waals surface area contributed by atoms with E-state index >= 15 is 0 Å². The molecule has 0 radical (unpaired) electrons. The van der Waals surface area contributed by atoms with Crippen molar-refractivity contribution in [1.29, 1.82) is 0 Å². The van der Waals surface area contributed by atoms with Gasteiger partial charge in [-0.25, -0.2) is 18.4 Å². The van der Waals surface area contributed by atoms with Crippen molar-refractivity contribution in [3.63, 3.8) is 0 Å². The molecule has 2 aromatic carbocycles. The predicted octanol–water partition coefficient (Wildman–Crippen LogP) is 3.94. The number of rotatable bonds is 5. The largest absolute Gasteiger partial charge is 0.324 e. The summed E-state index contributed by atoms with van der Waals surface area (Å²) in [5.74, 6) is -1.78. The summed E-state index contributed by atoms with van der Waals surface area (Å²) in [5.41, 5.74) is 3.02. The van der Waals surface area contributed by atoms with Gasteiger partial charge in [-0.05, 0) is 48.0 Å². The summed E-state index contributed by atoms with van der Waals surface area (Å²) >= 11 is 0. The number of pyridine rings is 2. The minimum Gasteiger partial charge on any atom is -0.324 e. The average molecular weight is 416 g/mol. The first-order valence-electron chi connectivity index (χ1n) is 9.36. The van der Waals surface area contributed by atoms with E-state index in [2.05, 4.69) is 20.3 Å². The lowest BCUT2D eigenvalue weighted by Gasteiger charge is -2.08. The van der Waals surface area contributed by atoms with E-state index in [0.717, 1.165) is 28.6 Å². The number of hydrogen-bond donors (Lipinski definition) is 1. The highest BCUT2D eigenvalue weighted by atomic mass is 19.1. The standard InChI is InChI=1S/C22H14F2N6O/c23-16-9-15(10-17(24)21(16)26-12-31)19-5-6-20-22(27-19)30(29-28-20)11-13-3-4-18-14(8-13)2-1-7-25-18/h1-10,12H,11H2,(H,26,31). The van der Waals surface area contributed by atoms with E-state index in [1.165, 1.54) is 0 Å². The van der Waals surface area contributed by atoms with Crippen LogP contribution < -0.4 is 5.32 Å². The molecule has 1 N–H and O–H groups in total. The molecule has 0 saturated carbocycles. The molecule has 5 aromatic rings. The third-order valence-corrected chi connectivity index (χ3v) is 4.90. The summed E-state index contributed by atoms with van der Waals surface area (Å²) in [4.78, 5) is 19.4. The van der Waals surface area contributed by atoms with Crippen molar-refractivity contribution >= 4 is 34.2 Å². The van der Waals surface area contributed by atoms with Crippen LogP contribution in [0, 0.1) is 11.6 Å². The zero-order valence-electron chi connectivity index (χ0n) is 16.0. The summed E-state index contributed by atoms with van der Waals surface area (Å²) < 4.78 is 30.0. The van der Waals surface area contributed by atoms with E-state index in [4.69, 9.17) is 0 Å². The minimum absolute atomic E-state index is 0.221. The second-order valence-electron chi connectivity index (χ2n) is 6.89. The van der Waals surface area contributed by atoms with Crippen LogP contribution in [0.3, 0.4) is 0 Å². The number of hydrogen-bond acceptors (Lipinski definition) is 5. The number of benzene rings is 2. The Kier molecular flexibility index (Phi) is 4.55. The summed E-state index contributed by atoms with van der Waals surface area (Å²) in [5, 5.41) is 11.3. The van der Waals surface area contributed by atoms with Gasteiger partial charge < -0.3 is 5.32 Å². The lowest BCUT2D eigenvalue weighted by atomic mass is 10.1. The molecule has 0 saturated heterocycles. The van der Waals surface area contributed by atoms with Crippen molar-refractivity contribution < 1.29 is 13.6 Å². The summed E-state index contributed by atoms with van der Waals surface area (Å²) in [6.07, 6.45) is 1.96. The van der Waals surface area contributed by atoms with E-state index in [1.807, 2.05) is 35.6 Å². The van der Waals surface area contributed by atoms with Gasteiger partial charge in [0, 0.05) is 17.1 Å². The molecular formula is C22H14F2N6O. The second-order valence-corrected chi connectivity index (χ2v) is 6.89. The first-order chi connectivity index (χ1) is 15.1. The normalized spacial score (nSPS) is 11.2. The van der Waals surface area contributed by atoms with Gasteiger partial charge in [0.05, 0.1) is 17.8 Å². The molecule has 5 rings (SSSR count). The predicted molar refractivity (Wildman–Crippen MR) is 111 cm³/mol. The van der Waals surface area contributed by atoms with Crippen LogP contribution in [0.1, 0.15) is 5.56 Å². The number of fused-ring (bicyclic) bond motifs is 2. The quantitative estimate of drug-likeness (QED) is 0.439. The lowest BCUT2D eigenvalue weighted by molar-refractivity contribution is -0.105. The van der Waals surface area contributed by atoms with Crippen LogP contribution in [0.4, 0.5) is 14.5 Å². The molecule has 0 unspecified atom stereocenters. The van der Waals surface area contributed by atoms with E-state index in [9.17, 15) is 13.6 Å². The topological polar surface area (TPSA) is 85.6 Å². The third kappa shape index (κ3) is 3.46. The highest BCUT2D eigenvalue weighted by molar-refractivity contribution is 5.79. The fourth-order valence-corrected chi connectivity index (χ4v) is 3.44. The van der Waals surface area contributed by atoms with Crippen molar-refractivity contribution in [3.8, 4) is 11.3 Å². The second kappa shape index (κ2) is 7.52. The van der Waals surface area contributed by atoms with Crippen LogP contribution in [-0.4, -0.2) is 31.4 Å². The van der Waals surface area contributed by atoms with Gasteiger partial charge in [0.25, 0.3) is 0 Å². The Morgan fingerprint density at radius 2 is 1.81 bits per heavy atom. The number of nitrogens with zero attached hydrogens (tertiary/aromatic N) is 5. The maximum absolute atomic E-state index is 14.2. The number of carbonyl (C=O) groups is 1. The smallest absolute Gasteiger partial charge is 0.211 e. The van der Waals surface area contributed by atoms with Crippen LogP contribution in [0.15, 0.2) is 60.8 Å². The zero-order valence-corrected chi connectivity index (χ0v) is 16.0. The van der Waals surface area contributed by atoms with Gasteiger partial charge in [0.15, 0.2) is 5.65 Å². The molecular weight excluding hydrogens is 402 g/mol. The molecule has 0 aliphatic carbocycles. The fourth-order valence-electron chi connectivity index (χ4n) is 3.44.